The van der Waals surface area contributed by atoms with Gasteiger partial charge < -0.3 is 5.32 Å². The Kier molecular flexibility index (Phi) is 4.13. The third-order valence-corrected chi connectivity index (χ3v) is 7.00. The summed E-state index contributed by atoms with van der Waals surface area (Å²) >= 11 is 0. The van der Waals surface area contributed by atoms with Gasteiger partial charge in [0.05, 0.1) is 11.0 Å². The van der Waals surface area contributed by atoms with Crippen LogP contribution in [0.1, 0.15) is 42.7 Å². The van der Waals surface area contributed by atoms with Gasteiger partial charge in [-0.1, -0.05) is 24.3 Å². The lowest BCUT2D eigenvalue weighted by atomic mass is 9.83. The van der Waals surface area contributed by atoms with E-state index in [9.17, 15) is 8.42 Å². The van der Waals surface area contributed by atoms with E-state index in [0.717, 1.165) is 19.4 Å². The van der Waals surface area contributed by atoms with Gasteiger partial charge in [-0.15, -0.1) is 0 Å². The molecule has 1 fully saturated rings. The van der Waals surface area contributed by atoms with Gasteiger partial charge in [0.15, 0.2) is 9.84 Å². The maximum Gasteiger partial charge on any atom is 0.154 e. The largest absolute Gasteiger partial charge is 0.315 e. The van der Waals surface area contributed by atoms with Gasteiger partial charge in [0.1, 0.15) is 0 Å². The molecule has 3 nitrogen and oxygen atoms in total. The van der Waals surface area contributed by atoms with Crippen molar-refractivity contribution < 1.29 is 8.42 Å². The van der Waals surface area contributed by atoms with Crippen molar-refractivity contribution in [2.45, 2.75) is 43.3 Å². The SMILES string of the molecule is O=S1(=O)CCCC1CNCC1CCCc2ccccc21. The van der Waals surface area contributed by atoms with Crippen LogP contribution in [0, 0.1) is 0 Å². The molecule has 1 aromatic carbocycles. The quantitative estimate of drug-likeness (QED) is 0.926. The lowest BCUT2D eigenvalue weighted by Crippen LogP contribution is -2.33. The van der Waals surface area contributed by atoms with Gasteiger partial charge in [0.25, 0.3) is 0 Å². The second-order valence-electron chi connectivity index (χ2n) is 6.08. The Balaban J connectivity index is 1.57. The third kappa shape index (κ3) is 2.91. The maximum atomic E-state index is 11.8. The van der Waals surface area contributed by atoms with E-state index in [0.29, 0.717) is 18.2 Å². The Hall–Kier alpha value is -0.870. The zero-order valence-corrected chi connectivity index (χ0v) is 12.7. The molecule has 2 atom stereocenters. The van der Waals surface area contributed by atoms with E-state index in [1.807, 2.05) is 0 Å². The van der Waals surface area contributed by atoms with E-state index in [1.165, 1.54) is 30.4 Å². The van der Waals surface area contributed by atoms with Crippen molar-refractivity contribution in [2.24, 2.45) is 0 Å². The molecule has 3 rings (SSSR count). The van der Waals surface area contributed by atoms with Crippen molar-refractivity contribution in [1.29, 1.82) is 0 Å². The predicted octanol–water partition coefficient (Wildman–Crippen LogP) is 2.27. The minimum absolute atomic E-state index is 0.152. The first-order valence-corrected chi connectivity index (χ1v) is 9.38. The van der Waals surface area contributed by atoms with E-state index in [4.69, 9.17) is 0 Å². The molecule has 110 valence electrons. The fraction of sp³-hybridized carbons (Fsp3) is 0.625. The summed E-state index contributed by atoms with van der Waals surface area (Å²) < 4.78 is 23.6. The number of sulfone groups is 1. The highest BCUT2D eigenvalue weighted by atomic mass is 32.2. The first kappa shape index (κ1) is 14.1. The lowest BCUT2D eigenvalue weighted by Gasteiger charge is -2.26. The molecule has 0 amide bonds. The third-order valence-electron chi connectivity index (χ3n) is 4.72. The van der Waals surface area contributed by atoms with Crippen LogP contribution >= 0.6 is 0 Å². The molecule has 1 saturated heterocycles. The van der Waals surface area contributed by atoms with Gasteiger partial charge in [0.2, 0.25) is 0 Å². The molecule has 1 heterocycles. The number of fused-ring (bicyclic) bond motifs is 1. The second-order valence-corrected chi connectivity index (χ2v) is 8.48. The summed E-state index contributed by atoms with van der Waals surface area (Å²) in [5, 5.41) is 3.26. The van der Waals surface area contributed by atoms with Gasteiger partial charge in [-0.05, 0) is 49.1 Å². The highest BCUT2D eigenvalue weighted by Gasteiger charge is 2.31. The number of hydrogen-bond acceptors (Lipinski definition) is 3. The molecular formula is C16H23NO2S. The molecule has 0 saturated carbocycles. The molecule has 1 aliphatic carbocycles. The molecule has 1 N–H and O–H groups in total. The predicted molar refractivity (Wildman–Crippen MR) is 81.8 cm³/mol. The summed E-state index contributed by atoms with van der Waals surface area (Å²) in [5.74, 6) is 0.926. The summed E-state index contributed by atoms with van der Waals surface area (Å²) in [6.07, 6.45) is 5.30. The van der Waals surface area contributed by atoms with Crippen LogP contribution in [0.15, 0.2) is 24.3 Å². The normalized spacial score (nSPS) is 28.2. The van der Waals surface area contributed by atoms with Gasteiger partial charge in [-0.25, -0.2) is 8.42 Å². The van der Waals surface area contributed by atoms with Crippen LogP contribution in [-0.2, 0) is 16.3 Å². The zero-order chi connectivity index (χ0) is 14.0. The molecule has 2 aliphatic rings. The van der Waals surface area contributed by atoms with Crippen molar-refractivity contribution in [3.63, 3.8) is 0 Å². The number of hydrogen-bond donors (Lipinski definition) is 1. The Morgan fingerprint density at radius 1 is 1.10 bits per heavy atom. The van der Waals surface area contributed by atoms with Gasteiger partial charge in [-0.3, -0.25) is 0 Å². The lowest BCUT2D eigenvalue weighted by molar-refractivity contribution is 0.499. The average Bonchev–Trinajstić information content (AvgIpc) is 2.78. The maximum absolute atomic E-state index is 11.8. The molecule has 0 radical (unpaired) electrons. The number of benzene rings is 1. The fourth-order valence-electron chi connectivity index (χ4n) is 3.57. The van der Waals surface area contributed by atoms with Crippen molar-refractivity contribution >= 4 is 9.84 Å². The summed E-state index contributed by atoms with van der Waals surface area (Å²) in [4.78, 5) is 0. The fourth-order valence-corrected chi connectivity index (χ4v) is 5.37. The van der Waals surface area contributed by atoms with E-state index in [1.54, 1.807) is 0 Å². The van der Waals surface area contributed by atoms with Crippen LogP contribution in [-0.4, -0.2) is 32.5 Å². The molecule has 0 bridgehead atoms. The number of aryl methyl sites for hydroxylation is 1. The zero-order valence-electron chi connectivity index (χ0n) is 11.8. The second kappa shape index (κ2) is 5.86. The van der Waals surface area contributed by atoms with Crippen molar-refractivity contribution in [2.75, 3.05) is 18.8 Å². The molecule has 0 aromatic heterocycles. The monoisotopic (exact) mass is 293 g/mol. The number of nitrogens with one attached hydrogen (secondary N) is 1. The smallest absolute Gasteiger partial charge is 0.154 e. The van der Waals surface area contributed by atoms with Crippen LogP contribution < -0.4 is 5.32 Å². The summed E-state index contributed by atoms with van der Waals surface area (Å²) in [6, 6.07) is 8.68. The highest BCUT2D eigenvalue weighted by Crippen LogP contribution is 2.30. The molecule has 20 heavy (non-hydrogen) atoms. The molecule has 1 aliphatic heterocycles. The molecule has 0 spiro atoms. The molecule has 2 unspecified atom stereocenters. The van der Waals surface area contributed by atoms with Gasteiger partial charge in [0, 0.05) is 13.1 Å². The van der Waals surface area contributed by atoms with Crippen molar-refractivity contribution in [1.82, 2.24) is 5.32 Å². The molecule has 4 heteroatoms. The Bertz CT molecular complexity index is 568. The highest BCUT2D eigenvalue weighted by molar-refractivity contribution is 7.92. The minimum Gasteiger partial charge on any atom is -0.315 e. The van der Waals surface area contributed by atoms with E-state index < -0.39 is 9.84 Å². The van der Waals surface area contributed by atoms with Crippen molar-refractivity contribution in [3.05, 3.63) is 35.4 Å². The van der Waals surface area contributed by atoms with E-state index >= 15 is 0 Å². The van der Waals surface area contributed by atoms with E-state index in [-0.39, 0.29) is 5.25 Å². The topological polar surface area (TPSA) is 46.2 Å². The van der Waals surface area contributed by atoms with Crippen LogP contribution in [0.25, 0.3) is 0 Å². The summed E-state index contributed by atoms with van der Waals surface area (Å²) in [6.45, 7) is 1.53. The minimum atomic E-state index is -2.81. The average molecular weight is 293 g/mol. The molecular weight excluding hydrogens is 270 g/mol. The Morgan fingerprint density at radius 2 is 1.95 bits per heavy atom. The van der Waals surface area contributed by atoms with Crippen LogP contribution in [0.5, 0.6) is 0 Å². The van der Waals surface area contributed by atoms with Gasteiger partial charge in [-0.2, -0.15) is 0 Å². The van der Waals surface area contributed by atoms with Crippen LogP contribution in [0.2, 0.25) is 0 Å². The molecule has 1 aromatic rings. The van der Waals surface area contributed by atoms with Crippen LogP contribution in [0.4, 0.5) is 0 Å². The van der Waals surface area contributed by atoms with Crippen molar-refractivity contribution in [3.8, 4) is 0 Å². The summed E-state index contributed by atoms with van der Waals surface area (Å²) in [7, 11) is -2.81. The Morgan fingerprint density at radius 3 is 2.75 bits per heavy atom. The van der Waals surface area contributed by atoms with Gasteiger partial charge >= 0.3 is 0 Å². The van der Waals surface area contributed by atoms with E-state index in [2.05, 4.69) is 29.6 Å². The number of rotatable bonds is 4. The van der Waals surface area contributed by atoms with Crippen LogP contribution in [0.3, 0.4) is 0 Å². The Labute approximate surface area is 121 Å². The standard InChI is InChI=1S/C16H23NO2S/c18-20(19)10-4-8-15(20)12-17-11-14-7-3-6-13-5-1-2-9-16(13)14/h1-2,5,9,14-15,17H,3-4,6-8,10-12H2. The first-order valence-electron chi connectivity index (χ1n) is 7.67. The first-order chi connectivity index (χ1) is 9.67. The summed E-state index contributed by atoms with van der Waals surface area (Å²) in [5.41, 5.74) is 2.93.